The number of amides is 1. The monoisotopic (exact) mass is 355 g/mol. The molecular formula is C20H37NO2S. The second-order valence-corrected chi connectivity index (χ2v) is 8.17. The van der Waals surface area contributed by atoms with Gasteiger partial charge in [-0.25, -0.2) is 0 Å². The Labute approximate surface area is 153 Å². The highest BCUT2D eigenvalue weighted by Gasteiger charge is 2.26. The van der Waals surface area contributed by atoms with Crippen LogP contribution in [-0.4, -0.2) is 22.8 Å². The molecule has 0 aliphatic carbocycles. The fraction of sp³-hybridized carbons (Fsp3) is 0.900. The summed E-state index contributed by atoms with van der Waals surface area (Å²) in [5.41, 5.74) is 0. The van der Waals surface area contributed by atoms with Crippen molar-refractivity contribution in [3.8, 4) is 0 Å². The molecule has 0 spiro atoms. The summed E-state index contributed by atoms with van der Waals surface area (Å²) in [6, 6.07) is -0.218. The van der Waals surface area contributed by atoms with Gasteiger partial charge in [-0.3, -0.25) is 9.59 Å². The maximum absolute atomic E-state index is 11.8. The van der Waals surface area contributed by atoms with Crippen LogP contribution in [0.3, 0.4) is 0 Å². The van der Waals surface area contributed by atoms with Gasteiger partial charge in [0.1, 0.15) is 0 Å². The van der Waals surface area contributed by atoms with Crippen molar-refractivity contribution in [1.29, 1.82) is 0 Å². The van der Waals surface area contributed by atoms with Gasteiger partial charge in [-0.2, -0.15) is 0 Å². The van der Waals surface area contributed by atoms with Crippen LogP contribution in [0.5, 0.6) is 0 Å². The molecule has 1 heterocycles. The van der Waals surface area contributed by atoms with Crippen molar-refractivity contribution in [2.24, 2.45) is 0 Å². The van der Waals surface area contributed by atoms with Crippen LogP contribution in [0, 0.1) is 0 Å². The lowest BCUT2D eigenvalue weighted by Crippen LogP contribution is -2.36. The Morgan fingerprint density at radius 2 is 1.42 bits per heavy atom. The zero-order valence-electron chi connectivity index (χ0n) is 15.6. The Hall–Kier alpha value is -0.510. The number of carbonyl (C=O) groups is 2. The fourth-order valence-corrected chi connectivity index (χ4v) is 4.13. The minimum atomic E-state index is -0.218. The van der Waals surface area contributed by atoms with E-state index in [9.17, 15) is 9.59 Å². The SMILES string of the molecule is CCCCCCCCCCCCCCCC(=O)N[C@@H]1CCSC1=O. The van der Waals surface area contributed by atoms with E-state index in [1.54, 1.807) is 0 Å². The van der Waals surface area contributed by atoms with Gasteiger partial charge in [0, 0.05) is 12.2 Å². The molecule has 0 saturated carbocycles. The minimum absolute atomic E-state index is 0.0546. The Balaban J connectivity index is 1.78. The molecule has 1 aliphatic rings. The topological polar surface area (TPSA) is 46.2 Å². The van der Waals surface area contributed by atoms with Gasteiger partial charge in [0.05, 0.1) is 6.04 Å². The van der Waals surface area contributed by atoms with Gasteiger partial charge in [0.25, 0.3) is 0 Å². The number of nitrogens with one attached hydrogen (secondary N) is 1. The molecule has 0 unspecified atom stereocenters. The first-order chi connectivity index (χ1) is 11.7. The van der Waals surface area contributed by atoms with Crippen LogP contribution >= 0.6 is 11.8 Å². The molecule has 1 amide bonds. The summed E-state index contributed by atoms with van der Waals surface area (Å²) < 4.78 is 0. The predicted molar refractivity (Wildman–Crippen MR) is 104 cm³/mol. The van der Waals surface area contributed by atoms with Gasteiger partial charge in [-0.05, 0) is 12.8 Å². The minimum Gasteiger partial charge on any atom is -0.345 e. The fourth-order valence-electron chi connectivity index (χ4n) is 3.20. The molecule has 4 heteroatoms. The molecule has 0 aromatic rings. The number of carbonyl (C=O) groups excluding carboxylic acids is 2. The molecule has 1 rings (SSSR count). The third-order valence-corrected chi connectivity index (χ3v) is 5.79. The lowest BCUT2D eigenvalue weighted by atomic mass is 10.0. The molecule has 0 radical (unpaired) electrons. The quantitative estimate of drug-likeness (QED) is 0.388. The van der Waals surface area contributed by atoms with Gasteiger partial charge in [0.2, 0.25) is 11.0 Å². The molecule has 1 N–H and O–H groups in total. The summed E-state index contributed by atoms with van der Waals surface area (Å²) >= 11 is 1.34. The maximum atomic E-state index is 11.8. The summed E-state index contributed by atoms with van der Waals surface area (Å²) in [5, 5.41) is 3.00. The van der Waals surface area contributed by atoms with E-state index in [1.807, 2.05) is 0 Å². The van der Waals surface area contributed by atoms with Gasteiger partial charge >= 0.3 is 0 Å². The second-order valence-electron chi connectivity index (χ2n) is 7.07. The number of rotatable bonds is 15. The molecule has 140 valence electrons. The van der Waals surface area contributed by atoms with Crippen molar-refractivity contribution in [2.45, 2.75) is 109 Å². The molecule has 1 saturated heterocycles. The zero-order valence-corrected chi connectivity index (χ0v) is 16.4. The zero-order chi connectivity index (χ0) is 17.5. The van der Waals surface area contributed by atoms with E-state index in [1.165, 1.54) is 82.4 Å². The van der Waals surface area contributed by atoms with Gasteiger partial charge < -0.3 is 5.32 Å². The molecule has 0 bridgehead atoms. The maximum Gasteiger partial charge on any atom is 0.220 e. The summed E-state index contributed by atoms with van der Waals surface area (Å²) in [6.07, 6.45) is 18.5. The van der Waals surface area contributed by atoms with Crippen LogP contribution < -0.4 is 5.32 Å². The van der Waals surface area contributed by atoms with Crippen molar-refractivity contribution in [2.75, 3.05) is 5.75 Å². The van der Waals surface area contributed by atoms with Crippen LogP contribution in [-0.2, 0) is 9.59 Å². The average molecular weight is 356 g/mol. The van der Waals surface area contributed by atoms with E-state index in [2.05, 4.69) is 12.2 Å². The molecule has 1 atom stereocenters. The summed E-state index contributed by atoms with van der Waals surface area (Å²) in [5.74, 6) is 0.904. The molecule has 1 aliphatic heterocycles. The van der Waals surface area contributed by atoms with E-state index < -0.39 is 0 Å². The Bertz CT molecular complexity index is 347. The van der Waals surface area contributed by atoms with Gasteiger partial charge in [-0.1, -0.05) is 95.7 Å². The van der Waals surface area contributed by atoms with Crippen molar-refractivity contribution in [3.05, 3.63) is 0 Å². The van der Waals surface area contributed by atoms with Crippen molar-refractivity contribution >= 4 is 22.8 Å². The van der Waals surface area contributed by atoms with E-state index in [0.717, 1.165) is 25.0 Å². The number of hydrogen-bond acceptors (Lipinski definition) is 3. The third-order valence-electron chi connectivity index (χ3n) is 4.78. The van der Waals surface area contributed by atoms with E-state index >= 15 is 0 Å². The summed E-state index contributed by atoms with van der Waals surface area (Å²) in [7, 11) is 0. The molecule has 24 heavy (non-hydrogen) atoms. The lowest BCUT2D eigenvalue weighted by molar-refractivity contribution is -0.124. The molecule has 0 aromatic carbocycles. The van der Waals surface area contributed by atoms with Crippen molar-refractivity contribution in [1.82, 2.24) is 5.32 Å². The molecule has 3 nitrogen and oxygen atoms in total. The number of thioether (sulfide) groups is 1. The summed E-state index contributed by atoms with van der Waals surface area (Å²) in [4.78, 5) is 23.2. The van der Waals surface area contributed by atoms with Crippen molar-refractivity contribution < 1.29 is 9.59 Å². The highest BCUT2D eigenvalue weighted by Crippen LogP contribution is 2.19. The standard InChI is InChI=1S/C20H37NO2S/c1-2-3-4-5-6-7-8-9-10-11-12-13-14-15-19(22)21-18-16-17-24-20(18)23/h18H,2-17H2,1H3,(H,21,22)/t18-/m1/s1. The average Bonchev–Trinajstić information content (AvgIpc) is 2.97. The van der Waals surface area contributed by atoms with E-state index in [4.69, 9.17) is 0 Å². The van der Waals surface area contributed by atoms with E-state index in [0.29, 0.717) is 6.42 Å². The Morgan fingerprint density at radius 1 is 0.917 bits per heavy atom. The number of unbranched alkanes of at least 4 members (excludes halogenated alkanes) is 12. The van der Waals surface area contributed by atoms with Crippen LogP contribution in [0.15, 0.2) is 0 Å². The third kappa shape index (κ3) is 11.1. The Kier molecular flexibility index (Phi) is 13.3. The first kappa shape index (κ1) is 21.5. The first-order valence-corrected chi connectivity index (χ1v) is 11.2. The number of hydrogen-bond donors (Lipinski definition) is 1. The Morgan fingerprint density at radius 3 is 1.88 bits per heavy atom. The van der Waals surface area contributed by atoms with Crippen molar-refractivity contribution in [3.63, 3.8) is 0 Å². The largest absolute Gasteiger partial charge is 0.345 e. The van der Waals surface area contributed by atoms with Gasteiger partial charge in [0.15, 0.2) is 0 Å². The van der Waals surface area contributed by atoms with Crippen LogP contribution in [0.25, 0.3) is 0 Å². The first-order valence-electron chi connectivity index (χ1n) is 10.2. The molecule has 1 fully saturated rings. The predicted octanol–water partition coefficient (Wildman–Crippen LogP) is 5.62. The van der Waals surface area contributed by atoms with E-state index in [-0.39, 0.29) is 17.1 Å². The van der Waals surface area contributed by atoms with Crippen LogP contribution in [0.2, 0.25) is 0 Å². The summed E-state index contributed by atoms with van der Waals surface area (Å²) in [6.45, 7) is 2.27. The van der Waals surface area contributed by atoms with Crippen LogP contribution in [0.1, 0.15) is 103 Å². The smallest absolute Gasteiger partial charge is 0.220 e. The second kappa shape index (κ2) is 14.8. The molecule has 0 aromatic heterocycles. The van der Waals surface area contributed by atoms with Crippen LogP contribution in [0.4, 0.5) is 0 Å². The lowest BCUT2D eigenvalue weighted by Gasteiger charge is -2.09. The highest BCUT2D eigenvalue weighted by atomic mass is 32.2. The van der Waals surface area contributed by atoms with Gasteiger partial charge in [-0.15, -0.1) is 0 Å². The molecular weight excluding hydrogens is 318 g/mol. The normalized spacial score (nSPS) is 17.4. The highest BCUT2D eigenvalue weighted by molar-refractivity contribution is 8.14.